The maximum absolute atomic E-state index is 6.22. The normalized spacial score (nSPS) is 14.4. The summed E-state index contributed by atoms with van der Waals surface area (Å²) < 4.78 is 5.29. The molecule has 0 bridgehead atoms. The van der Waals surface area contributed by atoms with E-state index in [9.17, 15) is 0 Å². The number of aromatic nitrogens is 2. The fourth-order valence-electron chi connectivity index (χ4n) is 5.54. The summed E-state index contributed by atoms with van der Waals surface area (Å²) in [6, 6.07) is 32.8. The number of fused-ring (bicyclic) bond motifs is 1. The molecule has 0 unspecified atom stereocenters. The number of ether oxygens (including phenoxy) is 1. The first-order valence-corrected chi connectivity index (χ1v) is 14.9. The van der Waals surface area contributed by atoms with Gasteiger partial charge in [0.2, 0.25) is 0 Å². The minimum Gasteiger partial charge on any atom is -0.497 e. The van der Waals surface area contributed by atoms with E-state index in [1.165, 1.54) is 11.1 Å². The molecule has 8 heteroatoms. The second kappa shape index (κ2) is 13.1. The van der Waals surface area contributed by atoms with Crippen LogP contribution in [0.3, 0.4) is 0 Å². The molecule has 0 radical (unpaired) electrons. The summed E-state index contributed by atoms with van der Waals surface area (Å²) in [6.45, 7) is 5.05. The predicted octanol–water partition coefficient (Wildman–Crippen LogP) is 7.46. The lowest BCUT2D eigenvalue weighted by molar-refractivity contribution is 0.103. The van der Waals surface area contributed by atoms with Gasteiger partial charge in [0.15, 0.2) is 0 Å². The van der Waals surface area contributed by atoms with Crippen LogP contribution in [0.2, 0.25) is 10.0 Å². The number of halogens is 2. The third-order valence-electron chi connectivity index (χ3n) is 7.78. The number of para-hydroxylation sites is 1. The largest absolute Gasteiger partial charge is 0.497 e. The summed E-state index contributed by atoms with van der Waals surface area (Å²) >= 11 is 12.4. The van der Waals surface area contributed by atoms with E-state index in [0.29, 0.717) is 13.1 Å². The molecule has 1 aliphatic rings. The van der Waals surface area contributed by atoms with E-state index in [1.807, 2.05) is 48.5 Å². The van der Waals surface area contributed by atoms with Crippen molar-refractivity contribution in [1.29, 1.82) is 0 Å². The molecule has 0 atom stereocenters. The molecule has 214 valence electrons. The monoisotopic (exact) mass is 597 g/mol. The summed E-state index contributed by atoms with van der Waals surface area (Å²) in [5, 5.41) is 6.05. The molecule has 0 saturated carbocycles. The zero-order chi connectivity index (χ0) is 28.9. The van der Waals surface area contributed by atoms with Crippen LogP contribution in [0, 0.1) is 0 Å². The number of anilines is 1. The van der Waals surface area contributed by atoms with Gasteiger partial charge in [0.05, 0.1) is 25.2 Å². The Morgan fingerprint density at radius 2 is 1.38 bits per heavy atom. The first-order valence-electron chi connectivity index (χ1n) is 14.2. The number of benzene rings is 4. The Kier molecular flexibility index (Phi) is 8.87. The number of nitrogens with zero attached hydrogens (tertiary/aromatic N) is 4. The standard InChI is InChI=1S/C34H33Cl2N5O/c1-42-29-16-6-24(7-17-29)22-37-34-30-4-2-3-5-31(30)38-32(39-34)23-40-18-20-41(21-19-40)33(25-8-12-27(35)13-9-25)26-10-14-28(36)15-11-26/h2-17,33H,18-23H2,1H3,(H,37,38,39). The molecule has 1 saturated heterocycles. The molecule has 4 aromatic carbocycles. The van der Waals surface area contributed by atoms with Gasteiger partial charge in [-0.3, -0.25) is 9.80 Å². The van der Waals surface area contributed by atoms with Crippen LogP contribution in [0.5, 0.6) is 5.75 Å². The van der Waals surface area contributed by atoms with E-state index >= 15 is 0 Å². The van der Waals surface area contributed by atoms with Crippen LogP contribution < -0.4 is 10.1 Å². The van der Waals surface area contributed by atoms with Gasteiger partial charge in [0.25, 0.3) is 0 Å². The fourth-order valence-corrected chi connectivity index (χ4v) is 5.80. The number of hydrogen-bond donors (Lipinski definition) is 1. The van der Waals surface area contributed by atoms with E-state index in [-0.39, 0.29) is 6.04 Å². The first-order chi connectivity index (χ1) is 20.6. The van der Waals surface area contributed by atoms with Crippen LogP contribution in [0.15, 0.2) is 97.1 Å². The molecule has 1 fully saturated rings. The molecule has 1 N–H and O–H groups in total. The molecule has 5 aromatic rings. The number of methoxy groups -OCH3 is 1. The van der Waals surface area contributed by atoms with Crippen molar-refractivity contribution >= 4 is 39.9 Å². The van der Waals surface area contributed by atoms with Crippen molar-refractivity contribution in [1.82, 2.24) is 19.8 Å². The van der Waals surface area contributed by atoms with Crippen molar-refractivity contribution < 1.29 is 4.74 Å². The molecular formula is C34H33Cl2N5O. The molecule has 42 heavy (non-hydrogen) atoms. The van der Waals surface area contributed by atoms with E-state index in [0.717, 1.165) is 70.1 Å². The number of piperazine rings is 1. The molecule has 0 spiro atoms. The highest BCUT2D eigenvalue weighted by Gasteiger charge is 2.27. The van der Waals surface area contributed by atoms with E-state index in [4.69, 9.17) is 37.9 Å². The van der Waals surface area contributed by atoms with Crippen molar-refractivity contribution in [2.24, 2.45) is 0 Å². The van der Waals surface area contributed by atoms with Crippen LogP contribution in [0.1, 0.15) is 28.6 Å². The molecule has 6 rings (SSSR count). The zero-order valence-corrected chi connectivity index (χ0v) is 25.0. The molecule has 6 nitrogen and oxygen atoms in total. The average molecular weight is 599 g/mol. The Morgan fingerprint density at radius 3 is 2.00 bits per heavy atom. The van der Waals surface area contributed by atoms with Gasteiger partial charge in [-0.2, -0.15) is 0 Å². The van der Waals surface area contributed by atoms with Crippen molar-refractivity contribution in [2.45, 2.75) is 19.1 Å². The summed E-state index contributed by atoms with van der Waals surface area (Å²) in [5.74, 6) is 2.53. The summed E-state index contributed by atoms with van der Waals surface area (Å²) in [6.07, 6.45) is 0. The smallest absolute Gasteiger partial charge is 0.145 e. The Bertz CT molecular complexity index is 1570. The van der Waals surface area contributed by atoms with Crippen molar-refractivity contribution in [3.63, 3.8) is 0 Å². The Morgan fingerprint density at radius 1 is 0.762 bits per heavy atom. The molecular weight excluding hydrogens is 565 g/mol. The Hall–Kier alpha value is -3.68. The number of nitrogens with one attached hydrogen (secondary N) is 1. The maximum Gasteiger partial charge on any atom is 0.145 e. The molecule has 1 aromatic heterocycles. The van der Waals surface area contributed by atoms with Gasteiger partial charge in [-0.25, -0.2) is 9.97 Å². The summed E-state index contributed by atoms with van der Waals surface area (Å²) in [5.41, 5.74) is 4.55. The lowest BCUT2D eigenvalue weighted by Gasteiger charge is -2.39. The van der Waals surface area contributed by atoms with Crippen molar-refractivity contribution in [2.75, 3.05) is 38.6 Å². The van der Waals surface area contributed by atoms with E-state index < -0.39 is 0 Å². The zero-order valence-electron chi connectivity index (χ0n) is 23.5. The number of hydrogen-bond acceptors (Lipinski definition) is 6. The van der Waals surface area contributed by atoms with E-state index in [1.54, 1.807) is 7.11 Å². The lowest BCUT2D eigenvalue weighted by Crippen LogP contribution is -2.47. The highest BCUT2D eigenvalue weighted by molar-refractivity contribution is 6.30. The fraction of sp³-hybridized carbons (Fsp3) is 0.235. The highest BCUT2D eigenvalue weighted by atomic mass is 35.5. The van der Waals surface area contributed by atoms with Crippen LogP contribution in [-0.2, 0) is 13.1 Å². The summed E-state index contributed by atoms with van der Waals surface area (Å²) in [7, 11) is 1.68. The van der Waals surface area contributed by atoms with Crippen molar-refractivity contribution in [3.05, 3.63) is 130 Å². The molecule has 1 aliphatic heterocycles. The van der Waals surface area contributed by atoms with Crippen LogP contribution in [-0.4, -0.2) is 53.1 Å². The van der Waals surface area contributed by atoms with Gasteiger partial charge in [0, 0.05) is 48.2 Å². The lowest BCUT2D eigenvalue weighted by atomic mass is 9.96. The minimum atomic E-state index is 0.132. The second-order valence-electron chi connectivity index (χ2n) is 10.5. The third-order valence-corrected chi connectivity index (χ3v) is 8.28. The van der Waals surface area contributed by atoms with Gasteiger partial charge < -0.3 is 10.1 Å². The maximum atomic E-state index is 6.22. The molecule has 0 aliphatic carbocycles. The minimum absolute atomic E-state index is 0.132. The van der Waals surface area contributed by atoms with Gasteiger partial charge in [-0.15, -0.1) is 0 Å². The second-order valence-corrected chi connectivity index (χ2v) is 11.4. The topological polar surface area (TPSA) is 53.5 Å². The molecule has 2 heterocycles. The quantitative estimate of drug-likeness (QED) is 0.190. The highest BCUT2D eigenvalue weighted by Crippen LogP contribution is 2.31. The Labute approximate surface area is 256 Å². The van der Waals surface area contributed by atoms with Gasteiger partial charge in [-0.1, -0.05) is 71.7 Å². The van der Waals surface area contributed by atoms with Crippen LogP contribution in [0.25, 0.3) is 10.9 Å². The first kappa shape index (κ1) is 28.4. The average Bonchev–Trinajstić information content (AvgIpc) is 3.03. The summed E-state index contributed by atoms with van der Waals surface area (Å²) in [4.78, 5) is 14.9. The molecule has 0 amide bonds. The van der Waals surface area contributed by atoms with Gasteiger partial charge in [-0.05, 0) is 65.2 Å². The van der Waals surface area contributed by atoms with Crippen LogP contribution >= 0.6 is 23.2 Å². The third kappa shape index (κ3) is 6.69. The Balaban J connectivity index is 1.16. The number of rotatable bonds is 9. The van der Waals surface area contributed by atoms with E-state index in [2.05, 4.69) is 63.6 Å². The SMILES string of the molecule is COc1ccc(CNc2nc(CN3CCN(C(c4ccc(Cl)cc4)c4ccc(Cl)cc4)CC3)nc3ccccc23)cc1. The van der Waals surface area contributed by atoms with Crippen molar-refractivity contribution in [3.8, 4) is 5.75 Å². The van der Waals surface area contributed by atoms with Crippen LogP contribution in [0.4, 0.5) is 5.82 Å². The predicted molar refractivity (Wildman–Crippen MR) is 171 cm³/mol. The van der Waals surface area contributed by atoms with Gasteiger partial charge >= 0.3 is 0 Å². The van der Waals surface area contributed by atoms with Gasteiger partial charge in [0.1, 0.15) is 17.4 Å².